The number of halogens is 1. The smallest absolute Gasteiger partial charge is 0.338 e. The molecule has 1 aliphatic carbocycles. The van der Waals surface area contributed by atoms with Crippen molar-refractivity contribution in [3.8, 4) is 11.8 Å². The van der Waals surface area contributed by atoms with Crippen LogP contribution in [0.3, 0.4) is 0 Å². The molecule has 130 valence electrons. The van der Waals surface area contributed by atoms with Crippen LogP contribution in [0.25, 0.3) is 5.52 Å². The second kappa shape index (κ2) is 6.46. The zero-order valence-corrected chi connectivity index (χ0v) is 15.3. The third-order valence-corrected chi connectivity index (χ3v) is 4.89. The summed E-state index contributed by atoms with van der Waals surface area (Å²) in [5, 5.41) is 13.3. The first kappa shape index (κ1) is 16.6. The van der Waals surface area contributed by atoms with Crippen LogP contribution in [-0.2, 0) is 4.74 Å². The van der Waals surface area contributed by atoms with E-state index in [9.17, 15) is 4.79 Å². The summed E-state index contributed by atoms with van der Waals surface area (Å²) in [5.74, 6) is 0.244. The first-order chi connectivity index (χ1) is 12.6. The van der Waals surface area contributed by atoms with Crippen LogP contribution in [0.2, 0.25) is 0 Å². The van der Waals surface area contributed by atoms with E-state index in [1.165, 1.54) is 6.20 Å². The van der Waals surface area contributed by atoms with Crippen molar-refractivity contribution in [2.75, 3.05) is 6.61 Å². The maximum absolute atomic E-state index is 12.2. The van der Waals surface area contributed by atoms with Crippen LogP contribution in [0.1, 0.15) is 28.8 Å². The van der Waals surface area contributed by atoms with E-state index in [4.69, 9.17) is 14.7 Å². The predicted octanol–water partition coefficient (Wildman–Crippen LogP) is 3.74. The zero-order valence-electron chi connectivity index (χ0n) is 13.7. The minimum absolute atomic E-state index is 0.274. The SMILES string of the molecule is N#Cc1cnn2cc(OCC3(OC(=O)c4ccccc4)CC3)cc(Br)c12. The summed E-state index contributed by atoms with van der Waals surface area (Å²) >= 11 is 3.45. The number of pyridine rings is 1. The van der Waals surface area contributed by atoms with Crippen molar-refractivity contribution in [1.29, 1.82) is 5.26 Å². The van der Waals surface area contributed by atoms with E-state index < -0.39 is 5.60 Å². The molecule has 1 aliphatic rings. The van der Waals surface area contributed by atoms with E-state index in [-0.39, 0.29) is 12.6 Å². The standard InChI is InChI=1S/C19H14BrN3O3/c20-16-8-15(11-23-17(16)14(9-21)10-22-23)25-12-19(6-7-19)26-18(24)13-4-2-1-3-5-13/h1-5,8,10-11H,6-7,12H2. The average molecular weight is 412 g/mol. The molecule has 0 atom stereocenters. The van der Waals surface area contributed by atoms with E-state index in [1.807, 2.05) is 6.07 Å². The van der Waals surface area contributed by atoms with Gasteiger partial charge in [-0.25, -0.2) is 9.31 Å². The first-order valence-corrected chi connectivity index (χ1v) is 8.88. The van der Waals surface area contributed by atoms with Crippen molar-refractivity contribution < 1.29 is 14.3 Å². The van der Waals surface area contributed by atoms with E-state index in [0.29, 0.717) is 22.4 Å². The summed E-state index contributed by atoms with van der Waals surface area (Å²) in [6.07, 6.45) is 4.76. The Morgan fingerprint density at radius 3 is 2.81 bits per heavy atom. The van der Waals surface area contributed by atoms with E-state index in [0.717, 1.165) is 17.3 Å². The second-order valence-corrected chi connectivity index (χ2v) is 7.07. The summed E-state index contributed by atoms with van der Waals surface area (Å²) in [7, 11) is 0. The van der Waals surface area contributed by atoms with Crippen molar-refractivity contribution >= 4 is 27.4 Å². The van der Waals surface area contributed by atoms with Crippen LogP contribution in [0.5, 0.6) is 5.75 Å². The largest absolute Gasteiger partial charge is 0.488 e. The Bertz CT molecular complexity index is 1020. The number of fused-ring (bicyclic) bond motifs is 1. The van der Waals surface area contributed by atoms with E-state index in [1.54, 1.807) is 41.0 Å². The molecule has 0 unspecified atom stereocenters. The molecular weight excluding hydrogens is 398 g/mol. The van der Waals surface area contributed by atoms with Gasteiger partial charge in [-0.05, 0) is 47.0 Å². The molecule has 26 heavy (non-hydrogen) atoms. The number of nitriles is 1. The Morgan fingerprint density at radius 1 is 1.35 bits per heavy atom. The van der Waals surface area contributed by atoms with Crippen LogP contribution < -0.4 is 4.74 Å². The summed E-state index contributed by atoms with van der Waals surface area (Å²) < 4.78 is 13.8. The van der Waals surface area contributed by atoms with Gasteiger partial charge in [0.15, 0.2) is 0 Å². The van der Waals surface area contributed by atoms with Gasteiger partial charge in [0.1, 0.15) is 24.0 Å². The lowest BCUT2D eigenvalue weighted by molar-refractivity contribution is 0.00759. The number of ether oxygens (including phenoxy) is 2. The third-order valence-electron chi connectivity index (χ3n) is 4.29. The fourth-order valence-electron chi connectivity index (χ4n) is 2.67. The number of aromatic nitrogens is 2. The van der Waals surface area contributed by atoms with Gasteiger partial charge in [0.25, 0.3) is 0 Å². The summed E-state index contributed by atoms with van der Waals surface area (Å²) in [6, 6.07) is 12.8. The van der Waals surface area contributed by atoms with Crippen LogP contribution in [0.4, 0.5) is 0 Å². The van der Waals surface area contributed by atoms with Gasteiger partial charge in [-0.15, -0.1) is 0 Å². The molecule has 2 aromatic heterocycles. The van der Waals surface area contributed by atoms with Crippen LogP contribution in [0.15, 0.2) is 53.3 Å². The minimum Gasteiger partial charge on any atom is -0.488 e. The lowest BCUT2D eigenvalue weighted by Crippen LogP contribution is -2.27. The number of nitrogens with zero attached hydrogens (tertiary/aromatic N) is 3. The Balaban J connectivity index is 1.46. The molecule has 6 nitrogen and oxygen atoms in total. The monoisotopic (exact) mass is 411 g/mol. The first-order valence-electron chi connectivity index (χ1n) is 8.08. The van der Waals surface area contributed by atoms with Crippen molar-refractivity contribution in [3.63, 3.8) is 0 Å². The van der Waals surface area contributed by atoms with Gasteiger partial charge >= 0.3 is 5.97 Å². The quantitative estimate of drug-likeness (QED) is 0.597. The third kappa shape index (κ3) is 3.16. The van der Waals surface area contributed by atoms with Crippen LogP contribution in [-0.4, -0.2) is 27.8 Å². The molecule has 4 rings (SSSR count). The number of benzene rings is 1. The highest BCUT2D eigenvalue weighted by Gasteiger charge is 2.48. The average Bonchev–Trinajstić information content (AvgIpc) is 3.29. The van der Waals surface area contributed by atoms with Crippen molar-refractivity contribution in [2.24, 2.45) is 0 Å². The molecule has 0 saturated heterocycles. The lowest BCUT2D eigenvalue weighted by atomic mass is 10.2. The molecule has 0 radical (unpaired) electrons. The zero-order chi connectivity index (χ0) is 18.1. The van der Waals surface area contributed by atoms with Crippen LogP contribution in [0, 0.1) is 11.3 Å². The number of hydrogen-bond donors (Lipinski definition) is 0. The minimum atomic E-state index is -0.573. The Kier molecular flexibility index (Phi) is 4.13. The molecule has 1 aromatic carbocycles. The Hall–Kier alpha value is -2.85. The number of carbonyl (C=O) groups excluding carboxylic acids is 1. The van der Waals surface area contributed by atoms with Gasteiger partial charge < -0.3 is 9.47 Å². The van der Waals surface area contributed by atoms with Crippen molar-refractivity contribution in [1.82, 2.24) is 9.61 Å². The molecule has 0 aliphatic heterocycles. The second-order valence-electron chi connectivity index (χ2n) is 6.21. The van der Waals surface area contributed by atoms with Gasteiger partial charge in [0, 0.05) is 4.47 Å². The topological polar surface area (TPSA) is 76.6 Å². The fourth-order valence-corrected chi connectivity index (χ4v) is 3.29. The molecule has 0 amide bonds. The van der Waals surface area contributed by atoms with Gasteiger partial charge in [-0.2, -0.15) is 10.4 Å². The Morgan fingerprint density at radius 2 is 2.12 bits per heavy atom. The number of rotatable bonds is 5. The number of carbonyl (C=O) groups is 1. The summed E-state index contributed by atoms with van der Waals surface area (Å²) in [4.78, 5) is 12.2. The maximum Gasteiger partial charge on any atom is 0.338 e. The molecular formula is C19H14BrN3O3. The molecule has 0 spiro atoms. The normalized spacial score (nSPS) is 14.6. The fraction of sp³-hybridized carbons (Fsp3) is 0.211. The molecule has 1 fully saturated rings. The van der Waals surface area contributed by atoms with Gasteiger partial charge in [0.05, 0.1) is 29.0 Å². The Labute approximate surface area is 158 Å². The molecule has 7 heteroatoms. The van der Waals surface area contributed by atoms with Gasteiger partial charge in [-0.3, -0.25) is 0 Å². The summed E-state index contributed by atoms with van der Waals surface area (Å²) in [5.41, 5.74) is 1.13. The highest BCUT2D eigenvalue weighted by Crippen LogP contribution is 2.41. The van der Waals surface area contributed by atoms with E-state index in [2.05, 4.69) is 27.1 Å². The van der Waals surface area contributed by atoms with Crippen molar-refractivity contribution in [2.45, 2.75) is 18.4 Å². The molecule has 1 saturated carbocycles. The molecule has 0 bridgehead atoms. The maximum atomic E-state index is 12.2. The lowest BCUT2D eigenvalue weighted by Gasteiger charge is -2.17. The van der Waals surface area contributed by atoms with Gasteiger partial charge in [-0.1, -0.05) is 18.2 Å². The summed E-state index contributed by atoms with van der Waals surface area (Å²) in [6.45, 7) is 0.274. The highest BCUT2D eigenvalue weighted by molar-refractivity contribution is 9.10. The predicted molar refractivity (Wildman–Crippen MR) is 96.9 cm³/mol. The molecule has 0 N–H and O–H groups in total. The number of esters is 1. The van der Waals surface area contributed by atoms with Crippen LogP contribution >= 0.6 is 15.9 Å². The molecule has 2 heterocycles. The van der Waals surface area contributed by atoms with E-state index >= 15 is 0 Å². The highest BCUT2D eigenvalue weighted by atomic mass is 79.9. The van der Waals surface area contributed by atoms with Gasteiger partial charge in [0.2, 0.25) is 0 Å². The number of hydrogen-bond acceptors (Lipinski definition) is 5. The molecule has 3 aromatic rings. The van der Waals surface area contributed by atoms with Crippen molar-refractivity contribution in [3.05, 3.63) is 64.4 Å².